The smallest absolute Gasteiger partial charge is 0.237 e. The Bertz CT molecular complexity index is 467. The summed E-state index contributed by atoms with van der Waals surface area (Å²) in [5.74, 6) is -0.0884. The second-order valence-electron chi connectivity index (χ2n) is 5.51. The molecule has 0 saturated carbocycles. The van der Waals surface area contributed by atoms with Crippen molar-refractivity contribution < 1.29 is 14.6 Å². The topological polar surface area (TPSA) is 61.8 Å². The molecule has 3 unspecified atom stereocenters. The van der Waals surface area contributed by atoms with Crippen LogP contribution in [0.25, 0.3) is 0 Å². The number of carbonyl (C=O) groups excluding carboxylic acids is 1. The van der Waals surface area contributed by atoms with E-state index in [2.05, 4.69) is 5.32 Å². The lowest BCUT2D eigenvalue weighted by molar-refractivity contribution is -0.126. The molecule has 22 heavy (non-hydrogen) atoms. The number of aliphatic hydroxyl groups excluding tert-OH is 1. The molecular formula is C16H25ClN2O3. The number of likely N-dealkylation sites (N-methyl/N-ethyl adjacent to an activating group) is 1. The molecule has 0 aromatic heterocycles. The van der Waals surface area contributed by atoms with Crippen LogP contribution >= 0.6 is 11.6 Å². The molecule has 0 fully saturated rings. The van der Waals surface area contributed by atoms with E-state index in [-0.39, 0.29) is 24.6 Å². The Morgan fingerprint density at radius 3 is 2.50 bits per heavy atom. The number of nitrogens with zero attached hydrogens (tertiary/aromatic N) is 1. The Labute approximate surface area is 137 Å². The van der Waals surface area contributed by atoms with E-state index in [9.17, 15) is 9.90 Å². The molecule has 5 nitrogen and oxygen atoms in total. The van der Waals surface area contributed by atoms with E-state index in [0.717, 1.165) is 5.56 Å². The summed E-state index contributed by atoms with van der Waals surface area (Å²) in [6.45, 7) is 4.36. The van der Waals surface area contributed by atoms with Crippen LogP contribution in [0.3, 0.4) is 0 Å². The van der Waals surface area contributed by atoms with Crippen molar-refractivity contribution in [2.24, 2.45) is 0 Å². The number of amides is 1. The van der Waals surface area contributed by atoms with Gasteiger partial charge in [-0.3, -0.25) is 9.69 Å². The number of methoxy groups -OCH3 is 1. The van der Waals surface area contributed by atoms with Gasteiger partial charge in [-0.05, 0) is 38.6 Å². The third-order valence-corrected chi connectivity index (χ3v) is 3.88. The fourth-order valence-corrected chi connectivity index (χ4v) is 2.23. The summed E-state index contributed by atoms with van der Waals surface area (Å²) in [5, 5.41) is 13.4. The van der Waals surface area contributed by atoms with E-state index in [1.54, 1.807) is 24.1 Å². The first-order chi connectivity index (χ1) is 10.3. The summed E-state index contributed by atoms with van der Waals surface area (Å²) in [4.78, 5) is 14.1. The monoisotopic (exact) mass is 328 g/mol. The van der Waals surface area contributed by atoms with Crippen LogP contribution in [0, 0.1) is 0 Å². The van der Waals surface area contributed by atoms with Gasteiger partial charge < -0.3 is 15.2 Å². The maximum Gasteiger partial charge on any atom is 0.237 e. The van der Waals surface area contributed by atoms with Gasteiger partial charge in [-0.15, -0.1) is 0 Å². The number of hydrogen-bond donors (Lipinski definition) is 2. The Hall–Kier alpha value is -1.14. The third-order valence-electron chi connectivity index (χ3n) is 3.63. The fourth-order valence-electron chi connectivity index (χ4n) is 2.10. The minimum absolute atomic E-state index is 0.0884. The molecule has 0 saturated heterocycles. The van der Waals surface area contributed by atoms with Crippen LogP contribution in [-0.2, 0) is 9.53 Å². The molecule has 0 aliphatic heterocycles. The van der Waals surface area contributed by atoms with E-state index in [0.29, 0.717) is 11.6 Å². The van der Waals surface area contributed by atoms with Crippen molar-refractivity contribution in [2.45, 2.75) is 32.0 Å². The number of hydrogen-bond acceptors (Lipinski definition) is 4. The van der Waals surface area contributed by atoms with E-state index >= 15 is 0 Å². The zero-order chi connectivity index (χ0) is 16.7. The Balaban J connectivity index is 2.54. The van der Waals surface area contributed by atoms with Gasteiger partial charge in [0.1, 0.15) is 0 Å². The van der Waals surface area contributed by atoms with Gasteiger partial charge in [0.2, 0.25) is 5.91 Å². The Morgan fingerprint density at radius 1 is 1.36 bits per heavy atom. The molecule has 0 aliphatic carbocycles. The van der Waals surface area contributed by atoms with Crippen LogP contribution in [0.1, 0.15) is 25.5 Å². The van der Waals surface area contributed by atoms with Crippen molar-refractivity contribution in [3.8, 4) is 0 Å². The van der Waals surface area contributed by atoms with Gasteiger partial charge in [-0.1, -0.05) is 23.7 Å². The minimum Gasteiger partial charge on any atom is -0.389 e. The molecule has 6 heteroatoms. The number of halogens is 1. The number of ether oxygens (including phenoxy) is 1. The van der Waals surface area contributed by atoms with E-state index < -0.39 is 6.10 Å². The molecule has 0 heterocycles. The van der Waals surface area contributed by atoms with Crippen molar-refractivity contribution in [1.82, 2.24) is 10.2 Å². The molecule has 1 rings (SSSR count). The van der Waals surface area contributed by atoms with Gasteiger partial charge in [0, 0.05) is 18.7 Å². The highest BCUT2D eigenvalue weighted by atomic mass is 35.5. The first-order valence-corrected chi connectivity index (χ1v) is 7.66. The number of aliphatic hydroxyl groups is 1. The maximum absolute atomic E-state index is 12.3. The molecular weight excluding hydrogens is 304 g/mol. The molecule has 0 aliphatic rings. The summed E-state index contributed by atoms with van der Waals surface area (Å²) in [6, 6.07) is 6.94. The number of benzene rings is 1. The summed E-state index contributed by atoms with van der Waals surface area (Å²) in [6.07, 6.45) is -0.612. The van der Waals surface area contributed by atoms with Crippen molar-refractivity contribution in [3.05, 3.63) is 34.9 Å². The van der Waals surface area contributed by atoms with Gasteiger partial charge in [-0.25, -0.2) is 0 Å². The zero-order valence-electron chi connectivity index (χ0n) is 13.5. The summed E-state index contributed by atoms with van der Waals surface area (Å²) < 4.78 is 4.89. The Kier molecular flexibility index (Phi) is 7.82. The molecule has 3 atom stereocenters. The first kappa shape index (κ1) is 18.9. The lowest BCUT2D eigenvalue weighted by Gasteiger charge is -2.27. The fraction of sp³-hybridized carbons (Fsp3) is 0.562. The SMILES string of the molecule is COCC(O)CN(C)C(C)C(=O)NC(C)c1ccc(Cl)cc1. The lowest BCUT2D eigenvalue weighted by Crippen LogP contribution is -2.47. The van der Waals surface area contributed by atoms with Gasteiger partial charge in [-0.2, -0.15) is 0 Å². The van der Waals surface area contributed by atoms with Crippen LogP contribution in [0.5, 0.6) is 0 Å². The quantitative estimate of drug-likeness (QED) is 0.764. The summed E-state index contributed by atoms with van der Waals surface area (Å²) in [5.41, 5.74) is 0.993. The zero-order valence-corrected chi connectivity index (χ0v) is 14.3. The molecule has 124 valence electrons. The van der Waals surface area contributed by atoms with E-state index in [4.69, 9.17) is 16.3 Å². The molecule has 0 radical (unpaired) electrons. The minimum atomic E-state index is -0.612. The van der Waals surface area contributed by atoms with Crippen LogP contribution in [-0.4, -0.2) is 55.4 Å². The van der Waals surface area contributed by atoms with Gasteiger partial charge in [0.25, 0.3) is 0 Å². The lowest BCUT2D eigenvalue weighted by atomic mass is 10.1. The van der Waals surface area contributed by atoms with Crippen LogP contribution in [0.15, 0.2) is 24.3 Å². The van der Waals surface area contributed by atoms with Crippen molar-refractivity contribution >= 4 is 17.5 Å². The Morgan fingerprint density at radius 2 is 1.95 bits per heavy atom. The second kappa shape index (κ2) is 9.10. The van der Waals surface area contributed by atoms with Gasteiger partial charge in [0.15, 0.2) is 0 Å². The van der Waals surface area contributed by atoms with Gasteiger partial charge in [0.05, 0.1) is 24.8 Å². The van der Waals surface area contributed by atoms with Crippen LogP contribution in [0.2, 0.25) is 5.02 Å². The van der Waals surface area contributed by atoms with Crippen LogP contribution < -0.4 is 5.32 Å². The average molecular weight is 329 g/mol. The highest BCUT2D eigenvalue weighted by molar-refractivity contribution is 6.30. The van der Waals surface area contributed by atoms with E-state index in [1.165, 1.54) is 7.11 Å². The molecule has 0 spiro atoms. The second-order valence-corrected chi connectivity index (χ2v) is 5.94. The molecule has 1 aromatic rings. The maximum atomic E-state index is 12.3. The summed E-state index contributed by atoms with van der Waals surface area (Å²) >= 11 is 5.86. The number of carbonyl (C=O) groups is 1. The predicted octanol–water partition coefficient (Wildman–Crippen LogP) is 1.84. The van der Waals surface area contributed by atoms with Crippen molar-refractivity contribution in [1.29, 1.82) is 0 Å². The number of nitrogens with one attached hydrogen (secondary N) is 1. The summed E-state index contributed by atoms with van der Waals surface area (Å²) in [7, 11) is 3.34. The number of rotatable bonds is 8. The third kappa shape index (κ3) is 5.93. The largest absolute Gasteiger partial charge is 0.389 e. The molecule has 1 amide bonds. The highest BCUT2D eigenvalue weighted by Crippen LogP contribution is 2.16. The van der Waals surface area contributed by atoms with E-state index in [1.807, 2.05) is 26.0 Å². The first-order valence-electron chi connectivity index (χ1n) is 7.28. The predicted molar refractivity (Wildman–Crippen MR) is 88.0 cm³/mol. The molecule has 0 bridgehead atoms. The van der Waals surface area contributed by atoms with Crippen LogP contribution in [0.4, 0.5) is 0 Å². The normalized spacial score (nSPS) is 15.4. The highest BCUT2D eigenvalue weighted by Gasteiger charge is 2.21. The molecule has 2 N–H and O–H groups in total. The standard InChI is InChI=1S/C16H25ClN2O3/c1-11(13-5-7-14(17)8-6-13)18-16(21)12(2)19(3)9-15(20)10-22-4/h5-8,11-12,15,20H,9-10H2,1-4H3,(H,18,21). The molecule has 1 aromatic carbocycles. The van der Waals surface area contributed by atoms with Gasteiger partial charge >= 0.3 is 0 Å². The van der Waals surface area contributed by atoms with Crippen molar-refractivity contribution in [2.75, 3.05) is 27.3 Å². The average Bonchev–Trinajstić information content (AvgIpc) is 2.47. The van der Waals surface area contributed by atoms with Crippen molar-refractivity contribution in [3.63, 3.8) is 0 Å².